The Bertz CT molecular complexity index is 454. The average Bonchev–Trinajstić information content (AvgIpc) is 2.27. The molecule has 17 heavy (non-hydrogen) atoms. The second-order valence-electron chi connectivity index (χ2n) is 4.21. The predicted octanol–water partition coefficient (Wildman–Crippen LogP) is 2.70. The minimum Gasteiger partial charge on any atom is -0.314 e. The van der Waals surface area contributed by atoms with Crippen LogP contribution in [0, 0.1) is 6.92 Å². The van der Waals surface area contributed by atoms with Crippen LogP contribution in [0.15, 0.2) is 24.3 Å². The second kappa shape index (κ2) is 5.00. The molecule has 0 saturated heterocycles. The van der Waals surface area contributed by atoms with Gasteiger partial charge in [-0.2, -0.15) is 0 Å². The van der Waals surface area contributed by atoms with Gasteiger partial charge in [0.15, 0.2) is 10.1 Å². The van der Waals surface area contributed by atoms with Gasteiger partial charge in [0.2, 0.25) is 0 Å². The maximum Gasteiger partial charge on any atom is 0.250 e. The van der Waals surface area contributed by atoms with E-state index in [9.17, 15) is 9.59 Å². The molecular formula is C13H16BrNO2. The Morgan fingerprint density at radius 1 is 1.29 bits per heavy atom. The molecule has 0 aliphatic heterocycles. The fourth-order valence-corrected chi connectivity index (χ4v) is 1.78. The molecule has 1 atom stereocenters. The highest BCUT2D eigenvalue weighted by Crippen LogP contribution is 2.26. The van der Waals surface area contributed by atoms with E-state index in [0.29, 0.717) is 0 Å². The number of carbonyl (C=O) groups is 2. The molecule has 1 aromatic rings. The summed E-state index contributed by atoms with van der Waals surface area (Å²) in [6.07, 6.45) is 0. The van der Waals surface area contributed by atoms with E-state index >= 15 is 0 Å². The average molecular weight is 298 g/mol. The Hall–Kier alpha value is -1.16. The molecule has 1 rings (SSSR count). The van der Waals surface area contributed by atoms with Gasteiger partial charge in [0.25, 0.3) is 5.91 Å². The first-order valence-corrected chi connectivity index (χ1v) is 6.11. The Labute approximate surface area is 110 Å². The van der Waals surface area contributed by atoms with E-state index in [4.69, 9.17) is 0 Å². The third kappa shape index (κ3) is 2.75. The molecule has 92 valence electrons. The number of alkyl halides is 1. The molecule has 3 nitrogen and oxygen atoms in total. The van der Waals surface area contributed by atoms with Crippen molar-refractivity contribution in [3.63, 3.8) is 0 Å². The van der Waals surface area contributed by atoms with Gasteiger partial charge in [0, 0.05) is 12.7 Å². The highest BCUT2D eigenvalue weighted by molar-refractivity contribution is 9.10. The molecule has 0 radical (unpaired) electrons. The maximum atomic E-state index is 12.2. The summed E-state index contributed by atoms with van der Waals surface area (Å²) in [5.74, 6) is -0.470. The van der Waals surface area contributed by atoms with Gasteiger partial charge in [-0.1, -0.05) is 34.1 Å². The summed E-state index contributed by atoms with van der Waals surface area (Å²) in [6.45, 7) is 4.91. The van der Waals surface area contributed by atoms with Crippen molar-refractivity contribution in [3.8, 4) is 0 Å². The van der Waals surface area contributed by atoms with Crippen molar-refractivity contribution in [1.82, 2.24) is 0 Å². The largest absolute Gasteiger partial charge is 0.314 e. The van der Waals surface area contributed by atoms with Crippen LogP contribution in [0.2, 0.25) is 0 Å². The number of para-hydroxylation sites is 1. The quantitative estimate of drug-likeness (QED) is 0.635. The van der Waals surface area contributed by atoms with Crippen molar-refractivity contribution in [2.75, 3.05) is 11.9 Å². The van der Waals surface area contributed by atoms with Crippen molar-refractivity contribution in [2.45, 2.75) is 25.1 Å². The van der Waals surface area contributed by atoms with Crippen LogP contribution in [0.1, 0.15) is 19.4 Å². The zero-order valence-corrected chi connectivity index (χ0v) is 12.0. The Morgan fingerprint density at radius 2 is 1.82 bits per heavy atom. The van der Waals surface area contributed by atoms with Crippen LogP contribution >= 0.6 is 15.9 Å². The van der Waals surface area contributed by atoms with Gasteiger partial charge in [-0.25, -0.2) is 0 Å². The number of nitrogens with zero attached hydrogens (tertiary/aromatic N) is 1. The van der Waals surface area contributed by atoms with Crippen molar-refractivity contribution >= 4 is 33.3 Å². The number of hydrogen-bond acceptors (Lipinski definition) is 2. The van der Waals surface area contributed by atoms with Gasteiger partial charge in [0.1, 0.15) is 0 Å². The summed E-state index contributed by atoms with van der Waals surface area (Å²) in [6, 6.07) is 7.57. The molecule has 0 fully saturated rings. The zero-order valence-electron chi connectivity index (χ0n) is 10.5. The first kappa shape index (κ1) is 13.9. The molecule has 0 spiro atoms. The fraction of sp³-hybridized carbons (Fsp3) is 0.385. The number of ketones is 1. The first-order chi connectivity index (χ1) is 7.78. The highest BCUT2D eigenvalue weighted by atomic mass is 79.9. The first-order valence-electron chi connectivity index (χ1n) is 5.32. The molecule has 0 saturated carbocycles. The normalized spacial score (nSPS) is 13.9. The van der Waals surface area contributed by atoms with Crippen molar-refractivity contribution in [2.24, 2.45) is 0 Å². The van der Waals surface area contributed by atoms with E-state index in [1.807, 2.05) is 31.2 Å². The van der Waals surface area contributed by atoms with Crippen molar-refractivity contribution in [1.29, 1.82) is 0 Å². The number of Topliss-reactive ketones (excluding diaryl/α,β-unsaturated/α-hetero) is 1. The summed E-state index contributed by atoms with van der Waals surface area (Å²) < 4.78 is -1.16. The van der Waals surface area contributed by atoms with E-state index in [1.165, 1.54) is 11.8 Å². The van der Waals surface area contributed by atoms with Crippen LogP contribution in [0.3, 0.4) is 0 Å². The molecule has 0 bridgehead atoms. The Kier molecular flexibility index (Phi) is 4.09. The zero-order chi connectivity index (χ0) is 13.2. The molecule has 1 aromatic carbocycles. The summed E-state index contributed by atoms with van der Waals surface area (Å²) >= 11 is 3.19. The van der Waals surface area contributed by atoms with E-state index in [0.717, 1.165) is 11.3 Å². The number of halogens is 1. The minimum absolute atomic E-state index is 0.206. The Morgan fingerprint density at radius 3 is 2.29 bits per heavy atom. The molecular weight excluding hydrogens is 282 g/mol. The number of hydrogen-bond donors (Lipinski definition) is 0. The van der Waals surface area contributed by atoms with Crippen molar-refractivity contribution in [3.05, 3.63) is 29.8 Å². The van der Waals surface area contributed by atoms with Crippen LogP contribution < -0.4 is 4.90 Å². The highest BCUT2D eigenvalue weighted by Gasteiger charge is 2.38. The number of aryl methyl sites for hydroxylation is 1. The Balaban J connectivity index is 3.07. The topological polar surface area (TPSA) is 37.4 Å². The monoisotopic (exact) mass is 297 g/mol. The molecule has 0 heterocycles. The number of amides is 1. The van der Waals surface area contributed by atoms with Gasteiger partial charge in [-0.15, -0.1) is 0 Å². The molecule has 0 aliphatic carbocycles. The summed E-state index contributed by atoms with van der Waals surface area (Å²) in [5, 5.41) is 0. The van der Waals surface area contributed by atoms with Gasteiger partial charge in [0.05, 0.1) is 0 Å². The van der Waals surface area contributed by atoms with Gasteiger partial charge >= 0.3 is 0 Å². The van der Waals surface area contributed by atoms with E-state index in [1.54, 1.807) is 14.0 Å². The third-order valence-electron chi connectivity index (χ3n) is 2.84. The lowest BCUT2D eigenvalue weighted by atomic mass is 10.1. The second-order valence-corrected chi connectivity index (χ2v) is 5.80. The number of rotatable bonds is 3. The third-order valence-corrected chi connectivity index (χ3v) is 3.74. The molecule has 1 amide bonds. The number of anilines is 1. The molecule has 0 N–H and O–H groups in total. The lowest BCUT2D eigenvalue weighted by Gasteiger charge is -2.26. The fourth-order valence-electron chi connectivity index (χ4n) is 1.51. The van der Waals surface area contributed by atoms with Crippen molar-refractivity contribution < 1.29 is 9.59 Å². The summed E-state index contributed by atoms with van der Waals surface area (Å²) in [7, 11) is 1.67. The van der Waals surface area contributed by atoms with Gasteiger partial charge < -0.3 is 4.90 Å². The SMILES string of the molecule is CC(=O)C(C)(Br)C(=O)N(C)c1ccccc1C. The number of benzene rings is 1. The summed E-state index contributed by atoms with van der Waals surface area (Å²) in [4.78, 5) is 25.2. The smallest absolute Gasteiger partial charge is 0.250 e. The molecule has 0 aliphatic rings. The number of carbonyl (C=O) groups excluding carboxylic acids is 2. The molecule has 0 aromatic heterocycles. The van der Waals surface area contributed by atoms with Crippen LogP contribution in [0.4, 0.5) is 5.69 Å². The van der Waals surface area contributed by atoms with Crippen LogP contribution in [-0.2, 0) is 9.59 Å². The molecule has 4 heteroatoms. The van der Waals surface area contributed by atoms with E-state index < -0.39 is 4.32 Å². The van der Waals surface area contributed by atoms with Crippen LogP contribution in [0.5, 0.6) is 0 Å². The van der Waals surface area contributed by atoms with Gasteiger partial charge in [-0.3, -0.25) is 9.59 Å². The van der Waals surface area contributed by atoms with Crippen LogP contribution in [0.25, 0.3) is 0 Å². The predicted molar refractivity (Wildman–Crippen MR) is 72.6 cm³/mol. The summed E-state index contributed by atoms with van der Waals surface area (Å²) in [5.41, 5.74) is 1.81. The maximum absolute atomic E-state index is 12.2. The standard InChI is InChI=1S/C13H16BrNO2/c1-9-7-5-6-8-11(9)15(4)12(17)13(3,14)10(2)16/h5-8H,1-4H3. The van der Waals surface area contributed by atoms with Crippen LogP contribution in [-0.4, -0.2) is 23.1 Å². The van der Waals surface area contributed by atoms with Gasteiger partial charge in [-0.05, 0) is 32.4 Å². The lowest BCUT2D eigenvalue weighted by molar-refractivity contribution is -0.128. The molecule has 1 unspecified atom stereocenters. The van der Waals surface area contributed by atoms with E-state index in [-0.39, 0.29) is 11.7 Å². The lowest BCUT2D eigenvalue weighted by Crippen LogP contribution is -2.46. The van der Waals surface area contributed by atoms with E-state index in [2.05, 4.69) is 15.9 Å². The minimum atomic E-state index is -1.16.